The number of fused-ring (bicyclic) bond motifs is 5. The molecular formula is C24H37O3-. The number of Topliss-reactive ketones (excluding diaryl/α,β-unsaturated/α-hetero) is 1. The van der Waals surface area contributed by atoms with Crippen LogP contribution >= 0.6 is 0 Å². The molecule has 0 unspecified atom stereocenters. The molecule has 4 fully saturated rings. The first kappa shape index (κ1) is 19.5. The monoisotopic (exact) mass is 373 g/mol. The molecule has 0 amide bonds. The Kier molecular flexibility index (Phi) is 4.96. The van der Waals surface area contributed by atoms with Crippen molar-refractivity contribution < 1.29 is 14.7 Å². The van der Waals surface area contributed by atoms with Crippen LogP contribution in [-0.2, 0) is 9.59 Å². The van der Waals surface area contributed by atoms with Crippen molar-refractivity contribution in [3.05, 3.63) is 0 Å². The van der Waals surface area contributed by atoms with Crippen molar-refractivity contribution >= 4 is 11.8 Å². The Bertz CT molecular complexity index is 613. The molecule has 0 bridgehead atoms. The molecule has 8 atom stereocenters. The van der Waals surface area contributed by atoms with Crippen molar-refractivity contribution in [2.24, 2.45) is 46.3 Å². The molecular weight excluding hydrogens is 336 g/mol. The van der Waals surface area contributed by atoms with Crippen LogP contribution in [0, 0.1) is 46.3 Å². The Hall–Kier alpha value is -0.860. The van der Waals surface area contributed by atoms with Gasteiger partial charge in [0.1, 0.15) is 5.78 Å². The number of carboxylic acid groups (broad SMARTS) is 1. The van der Waals surface area contributed by atoms with Gasteiger partial charge in [-0.05, 0) is 104 Å². The largest absolute Gasteiger partial charge is 0.550 e. The summed E-state index contributed by atoms with van der Waals surface area (Å²) >= 11 is 0. The molecule has 4 aliphatic rings. The van der Waals surface area contributed by atoms with E-state index in [-0.39, 0.29) is 6.42 Å². The lowest BCUT2D eigenvalue weighted by atomic mass is 9.44. The van der Waals surface area contributed by atoms with Gasteiger partial charge in [-0.15, -0.1) is 0 Å². The third kappa shape index (κ3) is 3.08. The van der Waals surface area contributed by atoms with Gasteiger partial charge in [0.05, 0.1) is 0 Å². The van der Waals surface area contributed by atoms with Gasteiger partial charge in [0.25, 0.3) is 0 Å². The van der Waals surface area contributed by atoms with Gasteiger partial charge in [-0.1, -0.05) is 20.8 Å². The van der Waals surface area contributed by atoms with Gasteiger partial charge in [0.15, 0.2) is 0 Å². The minimum atomic E-state index is -0.900. The van der Waals surface area contributed by atoms with Gasteiger partial charge < -0.3 is 9.90 Å². The number of ketones is 1. The second-order valence-corrected chi connectivity index (χ2v) is 11.0. The summed E-state index contributed by atoms with van der Waals surface area (Å²) in [5.74, 6) is 3.82. The lowest BCUT2D eigenvalue weighted by Gasteiger charge is -2.60. The maximum Gasteiger partial charge on any atom is 0.133 e. The van der Waals surface area contributed by atoms with E-state index in [1.807, 2.05) is 0 Å². The fourth-order valence-corrected chi connectivity index (χ4v) is 8.57. The first-order valence-corrected chi connectivity index (χ1v) is 11.5. The van der Waals surface area contributed by atoms with Gasteiger partial charge in [0.2, 0.25) is 0 Å². The van der Waals surface area contributed by atoms with E-state index in [9.17, 15) is 14.7 Å². The van der Waals surface area contributed by atoms with Crippen LogP contribution in [0.25, 0.3) is 0 Å². The van der Waals surface area contributed by atoms with E-state index in [0.717, 1.165) is 43.4 Å². The van der Waals surface area contributed by atoms with Crippen LogP contribution in [0.5, 0.6) is 0 Å². The molecule has 0 aromatic heterocycles. The Morgan fingerprint density at radius 3 is 2.56 bits per heavy atom. The van der Waals surface area contributed by atoms with E-state index in [1.54, 1.807) is 0 Å². The van der Waals surface area contributed by atoms with E-state index in [4.69, 9.17) is 0 Å². The van der Waals surface area contributed by atoms with E-state index in [2.05, 4.69) is 20.8 Å². The highest BCUT2D eigenvalue weighted by Crippen LogP contribution is 2.68. The summed E-state index contributed by atoms with van der Waals surface area (Å²) in [7, 11) is 0. The molecule has 4 rings (SSSR count). The highest BCUT2D eigenvalue weighted by Gasteiger charge is 2.60. The lowest BCUT2D eigenvalue weighted by Crippen LogP contribution is -2.53. The fourth-order valence-electron chi connectivity index (χ4n) is 8.57. The van der Waals surface area contributed by atoms with Crippen molar-refractivity contribution in [1.82, 2.24) is 0 Å². The Balaban J connectivity index is 1.52. The standard InChI is InChI=1S/C24H38O3/c1-15(4-9-22(26)27)19-7-8-20-18-6-5-16-14-17(25)10-12-23(16,2)21(18)11-13-24(19,20)3/h15-16,18-21H,4-14H2,1-3H3,(H,26,27)/p-1/t15-,16+,18+,19+,20-,21-,23-,24+/m0/s1. The number of rotatable bonds is 4. The average Bonchev–Trinajstić information content (AvgIpc) is 2.97. The van der Waals surface area contributed by atoms with Gasteiger partial charge in [0, 0.05) is 18.8 Å². The summed E-state index contributed by atoms with van der Waals surface area (Å²) < 4.78 is 0. The molecule has 27 heavy (non-hydrogen) atoms. The molecule has 0 radical (unpaired) electrons. The highest BCUT2D eigenvalue weighted by molar-refractivity contribution is 5.79. The summed E-state index contributed by atoms with van der Waals surface area (Å²) in [6, 6.07) is 0. The highest BCUT2D eigenvalue weighted by atomic mass is 16.4. The molecule has 0 heterocycles. The maximum absolute atomic E-state index is 12.0. The topological polar surface area (TPSA) is 57.2 Å². The van der Waals surface area contributed by atoms with Gasteiger partial charge in [-0.2, -0.15) is 0 Å². The summed E-state index contributed by atoms with van der Waals surface area (Å²) in [5, 5.41) is 10.9. The third-order valence-corrected chi connectivity index (χ3v) is 10.0. The molecule has 0 saturated heterocycles. The molecule has 0 aliphatic heterocycles. The average molecular weight is 374 g/mol. The normalized spacial score (nSPS) is 47.7. The molecule has 0 aromatic rings. The summed E-state index contributed by atoms with van der Waals surface area (Å²) in [6.45, 7) is 7.32. The predicted octanol–water partition coefficient (Wildman–Crippen LogP) is 4.38. The van der Waals surface area contributed by atoms with Crippen molar-refractivity contribution in [1.29, 1.82) is 0 Å². The smallest absolute Gasteiger partial charge is 0.133 e. The van der Waals surface area contributed by atoms with Crippen molar-refractivity contribution in [2.75, 3.05) is 0 Å². The predicted molar refractivity (Wildman–Crippen MR) is 104 cm³/mol. The summed E-state index contributed by atoms with van der Waals surface area (Å²) in [5.41, 5.74) is 0.775. The van der Waals surface area contributed by atoms with Crippen LogP contribution in [0.2, 0.25) is 0 Å². The number of hydrogen-bond donors (Lipinski definition) is 0. The van der Waals surface area contributed by atoms with Crippen LogP contribution in [-0.4, -0.2) is 11.8 Å². The van der Waals surface area contributed by atoms with E-state index < -0.39 is 5.97 Å². The molecule has 3 nitrogen and oxygen atoms in total. The Morgan fingerprint density at radius 1 is 1.07 bits per heavy atom. The van der Waals surface area contributed by atoms with Gasteiger partial charge in [-0.3, -0.25) is 4.79 Å². The van der Waals surface area contributed by atoms with Crippen molar-refractivity contribution in [2.45, 2.75) is 91.4 Å². The van der Waals surface area contributed by atoms with E-state index >= 15 is 0 Å². The molecule has 0 spiro atoms. The molecule has 3 heteroatoms. The zero-order chi connectivity index (χ0) is 19.4. The van der Waals surface area contributed by atoms with E-state index in [1.165, 1.54) is 38.5 Å². The number of carboxylic acids is 1. The number of aliphatic carboxylic acids is 1. The zero-order valence-electron chi connectivity index (χ0n) is 17.5. The summed E-state index contributed by atoms with van der Waals surface area (Å²) in [6.07, 6.45) is 11.5. The molecule has 152 valence electrons. The number of carbonyl (C=O) groups is 2. The molecule has 0 N–H and O–H groups in total. The van der Waals surface area contributed by atoms with Crippen LogP contribution in [0.4, 0.5) is 0 Å². The Morgan fingerprint density at radius 2 is 1.81 bits per heavy atom. The second kappa shape index (κ2) is 6.88. The van der Waals surface area contributed by atoms with Gasteiger partial charge >= 0.3 is 0 Å². The van der Waals surface area contributed by atoms with Crippen LogP contribution in [0.3, 0.4) is 0 Å². The zero-order valence-corrected chi connectivity index (χ0v) is 17.5. The first-order chi connectivity index (χ1) is 12.8. The lowest BCUT2D eigenvalue weighted by molar-refractivity contribution is -0.306. The first-order valence-electron chi connectivity index (χ1n) is 11.5. The van der Waals surface area contributed by atoms with Crippen molar-refractivity contribution in [3.63, 3.8) is 0 Å². The minimum absolute atomic E-state index is 0.207. The van der Waals surface area contributed by atoms with Crippen LogP contribution in [0.15, 0.2) is 0 Å². The SMILES string of the molecule is C[C@@H](CCC(=O)[O-])[C@H]1CC[C@H]2[C@H]3CC[C@@H]4CC(=O)CC[C@]4(C)[C@H]3CC[C@]12C. The van der Waals surface area contributed by atoms with Gasteiger partial charge in [-0.25, -0.2) is 0 Å². The maximum atomic E-state index is 12.0. The van der Waals surface area contributed by atoms with Crippen LogP contribution in [0.1, 0.15) is 91.4 Å². The molecule has 4 aliphatic carbocycles. The molecule has 0 aromatic carbocycles. The second-order valence-electron chi connectivity index (χ2n) is 11.0. The summed E-state index contributed by atoms with van der Waals surface area (Å²) in [4.78, 5) is 23.0. The number of hydrogen-bond acceptors (Lipinski definition) is 3. The van der Waals surface area contributed by atoms with Crippen LogP contribution < -0.4 is 5.11 Å². The van der Waals surface area contributed by atoms with Crippen molar-refractivity contribution in [3.8, 4) is 0 Å². The number of carbonyl (C=O) groups excluding carboxylic acids is 2. The fraction of sp³-hybridized carbons (Fsp3) is 0.917. The molecule has 4 saturated carbocycles. The minimum Gasteiger partial charge on any atom is -0.550 e. The third-order valence-electron chi connectivity index (χ3n) is 10.0. The quantitative estimate of drug-likeness (QED) is 0.735. The Labute approximate surface area is 164 Å². The van der Waals surface area contributed by atoms with E-state index in [0.29, 0.717) is 34.4 Å².